The predicted octanol–water partition coefficient (Wildman–Crippen LogP) is 0.877. The molecule has 0 saturated heterocycles. The molecule has 0 atom stereocenters. The number of sulfone groups is 1. The number of rotatable bonds is 6. The highest BCUT2D eigenvalue weighted by atomic mass is 32.2. The van der Waals surface area contributed by atoms with Gasteiger partial charge in [0.05, 0.1) is 12.9 Å². The van der Waals surface area contributed by atoms with E-state index in [2.05, 4.69) is 0 Å². The zero-order valence-electron chi connectivity index (χ0n) is 10.9. The summed E-state index contributed by atoms with van der Waals surface area (Å²) < 4.78 is 27.0. The first kappa shape index (κ1) is 14.8. The number of methoxy groups -OCH3 is 1. The molecule has 0 amide bonds. The lowest BCUT2D eigenvalue weighted by Gasteiger charge is -2.16. The van der Waals surface area contributed by atoms with Crippen molar-refractivity contribution >= 4 is 9.84 Å². The molecule has 102 valence electrons. The van der Waals surface area contributed by atoms with E-state index in [1.165, 1.54) is 13.4 Å². The van der Waals surface area contributed by atoms with Gasteiger partial charge in [0.25, 0.3) is 0 Å². The summed E-state index contributed by atoms with van der Waals surface area (Å²) in [6, 6.07) is 5.15. The van der Waals surface area contributed by atoms with E-state index >= 15 is 0 Å². The Morgan fingerprint density at radius 1 is 1.39 bits per heavy atom. The van der Waals surface area contributed by atoms with Gasteiger partial charge >= 0.3 is 0 Å². The monoisotopic (exact) mass is 273 g/mol. The van der Waals surface area contributed by atoms with Crippen LogP contribution in [0.25, 0.3) is 0 Å². The average Bonchev–Trinajstić information content (AvgIpc) is 2.26. The molecule has 0 saturated carbocycles. The van der Waals surface area contributed by atoms with Gasteiger partial charge in [0.2, 0.25) is 0 Å². The lowest BCUT2D eigenvalue weighted by Crippen LogP contribution is -2.24. The van der Waals surface area contributed by atoms with Crippen LogP contribution in [0, 0.1) is 0 Å². The number of nitrogens with zero attached hydrogens (tertiary/aromatic N) is 1. The van der Waals surface area contributed by atoms with E-state index in [4.69, 9.17) is 4.74 Å². The van der Waals surface area contributed by atoms with Crippen LogP contribution in [0.15, 0.2) is 18.2 Å². The smallest absolute Gasteiger partial charge is 0.160 e. The topological polar surface area (TPSA) is 66.8 Å². The normalized spacial score (nSPS) is 11.8. The van der Waals surface area contributed by atoms with E-state index in [0.717, 1.165) is 5.56 Å². The third kappa shape index (κ3) is 4.93. The predicted molar refractivity (Wildman–Crippen MR) is 70.7 cm³/mol. The minimum atomic E-state index is -2.94. The largest absolute Gasteiger partial charge is 0.504 e. The molecule has 0 radical (unpaired) electrons. The fraction of sp³-hybridized carbons (Fsp3) is 0.500. The second kappa shape index (κ2) is 6.06. The maximum absolute atomic E-state index is 11.0. The van der Waals surface area contributed by atoms with E-state index in [1.54, 1.807) is 12.1 Å². The second-order valence-corrected chi connectivity index (χ2v) is 6.63. The SMILES string of the molecule is COc1ccc(CN(C)CCS(C)(=O)=O)cc1O. The van der Waals surface area contributed by atoms with Crippen LogP contribution >= 0.6 is 0 Å². The van der Waals surface area contributed by atoms with Crippen molar-refractivity contribution in [2.24, 2.45) is 0 Å². The van der Waals surface area contributed by atoms with Gasteiger partial charge in [-0.05, 0) is 24.7 Å². The standard InChI is InChI=1S/C12H19NO4S/c1-13(6-7-18(3,15)16)9-10-4-5-12(17-2)11(14)8-10/h4-5,8,14H,6-7,9H2,1-3H3. The molecule has 0 aromatic heterocycles. The van der Waals surface area contributed by atoms with Crippen LogP contribution in [0.4, 0.5) is 0 Å². The fourth-order valence-corrected chi connectivity index (χ4v) is 2.19. The van der Waals surface area contributed by atoms with Gasteiger partial charge in [-0.15, -0.1) is 0 Å². The van der Waals surface area contributed by atoms with Crippen molar-refractivity contribution in [2.45, 2.75) is 6.54 Å². The number of benzene rings is 1. The van der Waals surface area contributed by atoms with Crippen molar-refractivity contribution in [3.8, 4) is 11.5 Å². The van der Waals surface area contributed by atoms with Crippen LogP contribution in [0.2, 0.25) is 0 Å². The van der Waals surface area contributed by atoms with E-state index in [1.807, 2.05) is 18.0 Å². The Bertz CT molecular complexity index is 499. The van der Waals surface area contributed by atoms with Gasteiger partial charge in [-0.1, -0.05) is 6.07 Å². The molecule has 1 aromatic rings. The highest BCUT2D eigenvalue weighted by Crippen LogP contribution is 2.26. The minimum absolute atomic E-state index is 0.0894. The van der Waals surface area contributed by atoms with Crippen molar-refractivity contribution in [1.29, 1.82) is 0 Å². The van der Waals surface area contributed by atoms with Gasteiger partial charge in [-0.2, -0.15) is 0 Å². The number of hydrogen-bond acceptors (Lipinski definition) is 5. The molecule has 0 spiro atoms. The molecule has 1 N–H and O–H groups in total. The van der Waals surface area contributed by atoms with Crippen LogP contribution in [0.5, 0.6) is 11.5 Å². The summed E-state index contributed by atoms with van der Waals surface area (Å²) in [5.74, 6) is 0.648. The quantitative estimate of drug-likeness (QED) is 0.833. The Hall–Kier alpha value is -1.27. The van der Waals surface area contributed by atoms with E-state index < -0.39 is 9.84 Å². The lowest BCUT2D eigenvalue weighted by molar-refractivity contribution is 0.343. The second-order valence-electron chi connectivity index (χ2n) is 4.37. The third-order valence-corrected chi connectivity index (χ3v) is 3.46. The Kier molecular flexibility index (Phi) is 4.98. The van der Waals surface area contributed by atoms with Crippen molar-refractivity contribution in [1.82, 2.24) is 4.90 Å². The molecule has 0 aliphatic carbocycles. The van der Waals surface area contributed by atoms with Crippen LogP contribution < -0.4 is 4.74 Å². The first-order valence-corrected chi connectivity index (χ1v) is 7.60. The van der Waals surface area contributed by atoms with Gasteiger partial charge in [-0.25, -0.2) is 8.42 Å². The Morgan fingerprint density at radius 2 is 2.06 bits per heavy atom. The van der Waals surface area contributed by atoms with Gasteiger partial charge in [0.1, 0.15) is 9.84 Å². The first-order chi connectivity index (χ1) is 8.31. The Labute approximate surface area is 108 Å². The van der Waals surface area contributed by atoms with Gasteiger partial charge < -0.3 is 14.7 Å². The molecule has 1 aromatic carbocycles. The zero-order chi connectivity index (χ0) is 13.8. The van der Waals surface area contributed by atoms with Crippen LogP contribution in [-0.2, 0) is 16.4 Å². The average molecular weight is 273 g/mol. The van der Waals surface area contributed by atoms with Crippen molar-refractivity contribution in [3.05, 3.63) is 23.8 Å². The van der Waals surface area contributed by atoms with E-state index in [9.17, 15) is 13.5 Å². The highest BCUT2D eigenvalue weighted by Gasteiger charge is 2.08. The fourth-order valence-electron chi connectivity index (χ4n) is 1.55. The summed E-state index contributed by atoms with van der Waals surface area (Å²) in [7, 11) is 0.391. The summed E-state index contributed by atoms with van der Waals surface area (Å²) in [4.78, 5) is 1.89. The summed E-state index contributed by atoms with van der Waals surface area (Å²) >= 11 is 0. The Morgan fingerprint density at radius 3 is 2.56 bits per heavy atom. The highest BCUT2D eigenvalue weighted by molar-refractivity contribution is 7.90. The molecule has 0 aliphatic heterocycles. The van der Waals surface area contributed by atoms with E-state index in [-0.39, 0.29) is 11.5 Å². The molecule has 0 bridgehead atoms. The number of aromatic hydroxyl groups is 1. The van der Waals surface area contributed by atoms with Crippen LogP contribution in [-0.4, -0.2) is 51.1 Å². The van der Waals surface area contributed by atoms with Crippen LogP contribution in [0.1, 0.15) is 5.56 Å². The van der Waals surface area contributed by atoms with E-state index in [0.29, 0.717) is 18.8 Å². The van der Waals surface area contributed by atoms with Crippen molar-refractivity contribution in [3.63, 3.8) is 0 Å². The van der Waals surface area contributed by atoms with Gasteiger partial charge in [-0.3, -0.25) is 0 Å². The summed E-state index contributed by atoms with van der Waals surface area (Å²) in [5.41, 5.74) is 0.907. The summed E-state index contributed by atoms with van der Waals surface area (Å²) in [6.07, 6.45) is 1.22. The summed E-state index contributed by atoms with van der Waals surface area (Å²) in [6.45, 7) is 1.04. The molecule has 0 aliphatic rings. The van der Waals surface area contributed by atoms with Gasteiger partial charge in [0.15, 0.2) is 11.5 Å². The molecule has 0 unspecified atom stereocenters. The van der Waals surface area contributed by atoms with Crippen LogP contribution in [0.3, 0.4) is 0 Å². The third-order valence-electron chi connectivity index (χ3n) is 2.54. The molecule has 0 fully saturated rings. The van der Waals surface area contributed by atoms with Crippen molar-refractivity contribution < 1.29 is 18.3 Å². The van der Waals surface area contributed by atoms with Crippen molar-refractivity contribution in [2.75, 3.05) is 32.7 Å². The molecule has 0 heterocycles. The number of ether oxygens (including phenoxy) is 1. The maximum atomic E-state index is 11.0. The zero-order valence-corrected chi connectivity index (χ0v) is 11.7. The molecule has 5 nitrogen and oxygen atoms in total. The molecule has 18 heavy (non-hydrogen) atoms. The molecular weight excluding hydrogens is 254 g/mol. The molecular formula is C12H19NO4S. The first-order valence-electron chi connectivity index (χ1n) is 5.54. The summed E-state index contributed by atoms with van der Waals surface area (Å²) in [5, 5.41) is 9.62. The minimum Gasteiger partial charge on any atom is -0.504 e. The number of phenols is 1. The number of phenolic OH excluding ortho intramolecular Hbond substituents is 1. The maximum Gasteiger partial charge on any atom is 0.160 e. The molecule has 1 rings (SSSR count). The number of hydrogen-bond donors (Lipinski definition) is 1. The molecule has 6 heteroatoms. The lowest BCUT2D eigenvalue weighted by atomic mass is 10.2. The van der Waals surface area contributed by atoms with Gasteiger partial charge in [0, 0.05) is 19.3 Å². The Balaban J connectivity index is 2.59.